The fourth-order valence-electron chi connectivity index (χ4n) is 1.83. The van der Waals surface area contributed by atoms with E-state index in [4.69, 9.17) is 15.9 Å². The van der Waals surface area contributed by atoms with Crippen LogP contribution in [-0.4, -0.2) is 41.5 Å². The van der Waals surface area contributed by atoms with Crippen molar-refractivity contribution in [1.29, 1.82) is 5.41 Å². The molecule has 1 fully saturated rings. The number of nitrogens with one attached hydrogen (secondary N) is 1. The average molecular weight is 299 g/mol. The fraction of sp³-hybridized carbons (Fsp3) is 0.455. The largest absolute Gasteiger partial charge is 0.385 e. The van der Waals surface area contributed by atoms with Gasteiger partial charge >= 0.3 is 0 Å². The Morgan fingerprint density at radius 1 is 1.65 bits per heavy atom. The number of ether oxygens (including phenoxy) is 1. The number of hydrogen-bond acceptors (Lipinski definition) is 4. The molecule has 1 aliphatic heterocycles. The molecule has 1 aromatic rings. The van der Waals surface area contributed by atoms with E-state index >= 15 is 0 Å². The molecule has 6 heteroatoms. The zero-order chi connectivity index (χ0) is 12.3. The maximum absolute atomic E-state index is 7.40. The van der Waals surface area contributed by atoms with Crippen molar-refractivity contribution in [2.24, 2.45) is 5.73 Å². The average Bonchev–Trinajstić information content (AvgIpc) is 2.29. The zero-order valence-corrected chi connectivity index (χ0v) is 11.0. The van der Waals surface area contributed by atoms with Crippen molar-refractivity contribution in [3.8, 4) is 0 Å². The van der Waals surface area contributed by atoms with Gasteiger partial charge in [0.15, 0.2) is 0 Å². The van der Waals surface area contributed by atoms with Crippen molar-refractivity contribution in [2.45, 2.75) is 12.6 Å². The van der Waals surface area contributed by atoms with Crippen LogP contribution < -0.4 is 5.73 Å². The molecule has 0 aliphatic carbocycles. The summed E-state index contributed by atoms with van der Waals surface area (Å²) in [5.74, 6) is 0.0991. The van der Waals surface area contributed by atoms with E-state index in [0.29, 0.717) is 13.2 Å². The van der Waals surface area contributed by atoms with Gasteiger partial charge in [-0.1, -0.05) is 0 Å². The van der Waals surface area contributed by atoms with Crippen molar-refractivity contribution >= 4 is 21.8 Å². The smallest absolute Gasteiger partial charge is 0.127 e. The van der Waals surface area contributed by atoms with Crippen LogP contribution in [0, 0.1) is 5.41 Å². The van der Waals surface area contributed by atoms with Gasteiger partial charge in [-0.15, -0.1) is 0 Å². The predicted molar refractivity (Wildman–Crippen MR) is 68.9 cm³/mol. The Bertz CT molecular complexity index is 412. The summed E-state index contributed by atoms with van der Waals surface area (Å²) in [5, 5.41) is 7.40. The normalized spacial score (nSPS) is 21.4. The van der Waals surface area contributed by atoms with Gasteiger partial charge in [-0.3, -0.25) is 15.3 Å². The van der Waals surface area contributed by atoms with Crippen molar-refractivity contribution in [3.63, 3.8) is 0 Å². The number of amidine groups is 1. The second-order valence-electron chi connectivity index (χ2n) is 4.06. The quantitative estimate of drug-likeness (QED) is 0.644. The molecule has 0 radical (unpaired) electrons. The summed E-state index contributed by atoms with van der Waals surface area (Å²) in [7, 11) is 0. The molecule has 0 amide bonds. The van der Waals surface area contributed by atoms with E-state index in [9.17, 15) is 0 Å². The molecular weight excluding hydrogens is 284 g/mol. The summed E-state index contributed by atoms with van der Waals surface area (Å²) < 4.78 is 6.39. The molecule has 1 unspecified atom stereocenters. The number of pyridine rings is 1. The number of nitrogens with zero attached hydrogens (tertiary/aromatic N) is 2. The molecule has 3 N–H and O–H groups in total. The highest BCUT2D eigenvalue weighted by molar-refractivity contribution is 9.10. The zero-order valence-electron chi connectivity index (χ0n) is 9.40. The van der Waals surface area contributed by atoms with Gasteiger partial charge in [-0.2, -0.15) is 0 Å². The van der Waals surface area contributed by atoms with Crippen molar-refractivity contribution in [2.75, 3.05) is 19.7 Å². The lowest BCUT2D eigenvalue weighted by Crippen LogP contribution is -2.47. The lowest BCUT2D eigenvalue weighted by atomic mass is 10.2. The summed E-state index contributed by atoms with van der Waals surface area (Å²) in [6, 6.07) is 2.05. The Labute approximate surface area is 109 Å². The molecule has 0 aromatic carbocycles. The summed E-state index contributed by atoms with van der Waals surface area (Å²) in [6.45, 7) is 2.95. The number of rotatable bonds is 3. The summed E-state index contributed by atoms with van der Waals surface area (Å²) >= 11 is 3.40. The van der Waals surface area contributed by atoms with Crippen LogP contribution in [0.1, 0.15) is 5.56 Å². The lowest BCUT2D eigenvalue weighted by molar-refractivity contribution is 0.00232. The number of morpholine rings is 1. The van der Waals surface area contributed by atoms with Gasteiger partial charge in [0.1, 0.15) is 11.9 Å². The van der Waals surface area contributed by atoms with Crippen LogP contribution in [0.15, 0.2) is 22.9 Å². The maximum Gasteiger partial charge on any atom is 0.127 e. The first-order valence-corrected chi connectivity index (χ1v) is 6.22. The molecule has 17 heavy (non-hydrogen) atoms. The Hall–Kier alpha value is -0.980. The SMILES string of the molecule is N=C(N)C1CN(Cc2cncc(Br)c2)CCO1. The summed E-state index contributed by atoms with van der Waals surface area (Å²) in [4.78, 5) is 6.35. The highest BCUT2D eigenvalue weighted by Crippen LogP contribution is 2.13. The third kappa shape index (κ3) is 3.49. The summed E-state index contributed by atoms with van der Waals surface area (Å²) in [6.07, 6.45) is 3.34. The van der Waals surface area contributed by atoms with Gasteiger partial charge in [0, 0.05) is 36.5 Å². The molecule has 0 spiro atoms. The van der Waals surface area contributed by atoms with Crippen molar-refractivity contribution in [1.82, 2.24) is 9.88 Å². The molecule has 1 saturated heterocycles. The van der Waals surface area contributed by atoms with E-state index in [1.165, 1.54) is 0 Å². The Morgan fingerprint density at radius 3 is 3.18 bits per heavy atom. The molecule has 1 aromatic heterocycles. The highest BCUT2D eigenvalue weighted by atomic mass is 79.9. The van der Waals surface area contributed by atoms with E-state index in [1.54, 1.807) is 6.20 Å². The van der Waals surface area contributed by atoms with Crippen LogP contribution in [0.4, 0.5) is 0 Å². The highest BCUT2D eigenvalue weighted by Gasteiger charge is 2.22. The first kappa shape index (κ1) is 12.5. The van der Waals surface area contributed by atoms with Gasteiger partial charge in [0.2, 0.25) is 0 Å². The minimum Gasteiger partial charge on any atom is -0.385 e. The van der Waals surface area contributed by atoms with E-state index in [-0.39, 0.29) is 11.9 Å². The van der Waals surface area contributed by atoms with Gasteiger partial charge in [0.05, 0.1) is 6.61 Å². The molecule has 92 valence electrons. The van der Waals surface area contributed by atoms with Crippen LogP contribution in [0.5, 0.6) is 0 Å². The summed E-state index contributed by atoms with van der Waals surface area (Å²) in [5.41, 5.74) is 6.60. The van der Waals surface area contributed by atoms with E-state index in [1.807, 2.05) is 12.3 Å². The third-order valence-corrected chi connectivity index (χ3v) is 3.10. The minimum absolute atomic E-state index is 0.0991. The first-order valence-electron chi connectivity index (χ1n) is 5.42. The van der Waals surface area contributed by atoms with Crippen molar-refractivity contribution in [3.05, 3.63) is 28.5 Å². The van der Waals surface area contributed by atoms with E-state index < -0.39 is 0 Å². The Morgan fingerprint density at radius 2 is 2.47 bits per heavy atom. The topological polar surface area (TPSA) is 75.2 Å². The lowest BCUT2D eigenvalue weighted by Gasteiger charge is -2.32. The fourth-order valence-corrected chi connectivity index (χ4v) is 2.25. The van der Waals surface area contributed by atoms with Crippen LogP contribution in [0.25, 0.3) is 0 Å². The predicted octanol–water partition coefficient (Wildman–Crippen LogP) is 0.981. The number of aromatic nitrogens is 1. The number of hydrogen-bond donors (Lipinski definition) is 2. The second kappa shape index (κ2) is 5.57. The van der Waals surface area contributed by atoms with Crippen LogP contribution in [0.3, 0.4) is 0 Å². The molecule has 0 saturated carbocycles. The maximum atomic E-state index is 7.40. The van der Waals surface area contributed by atoms with Crippen LogP contribution in [-0.2, 0) is 11.3 Å². The molecule has 2 heterocycles. The molecule has 1 aliphatic rings. The Balaban J connectivity index is 1.97. The number of halogens is 1. The van der Waals surface area contributed by atoms with Gasteiger partial charge in [-0.05, 0) is 27.6 Å². The molecule has 5 nitrogen and oxygen atoms in total. The molecule has 1 atom stereocenters. The molecule has 2 rings (SSSR count). The van der Waals surface area contributed by atoms with Gasteiger partial charge in [-0.25, -0.2) is 0 Å². The second-order valence-corrected chi connectivity index (χ2v) is 4.98. The monoisotopic (exact) mass is 298 g/mol. The van der Waals surface area contributed by atoms with E-state index in [0.717, 1.165) is 23.1 Å². The van der Waals surface area contributed by atoms with Gasteiger partial charge in [0.25, 0.3) is 0 Å². The molecular formula is C11H15BrN4O. The van der Waals surface area contributed by atoms with Gasteiger partial charge < -0.3 is 10.5 Å². The minimum atomic E-state index is -0.274. The van der Waals surface area contributed by atoms with Crippen LogP contribution >= 0.6 is 15.9 Å². The Kier molecular flexibility index (Phi) is 4.09. The van der Waals surface area contributed by atoms with E-state index in [2.05, 4.69) is 25.8 Å². The number of nitrogens with two attached hydrogens (primary N) is 1. The standard InChI is InChI=1S/C11H15BrN4O/c12-9-3-8(4-15-5-9)6-16-1-2-17-10(7-16)11(13)14/h3-5,10H,1-2,6-7H2,(H3,13,14). The first-order chi connectivity index (χ1) is 8.15. The molecule has 0 bridgehead atoms. The third-order valence-electron chi connectivity index (χ3n) is 2.67. The van der Waals surface area contributed by atoms with Crippen molar-refractivity contribution < 1.29 is 4.74 Å². The van der Waals surface area contributed by atoms with Crippen LogP contribution in [0.2, 0.25) is 0 Å².